The Morgan fingerprint density at radius 2 is 1.37 bits per heavy atom. The second kappa shape index (κ2) is 8.39. The Labute approximate surface area is 117 Å². The van der Waals surface area contributed by atoms with E-state index in [9.17, 15) is 4.79 Å². The molecule has 2 aliphatic rings. The molecule has 108 valence electrons. The number of allylic oxidation sites excluding steroid dienone is 2. The van der Waals surface area contributed by atoms with Gasteiger partial charge in [-0.05, 0) is 44.9 Å². The zero-order valence-corrected chi connectivity index (χ0v) is 12.1. The van der Waals surface area contributed by atoms with Gasteiger partial charge < -0.3 is 4.74 Å². The SMILES string of the molecule is O=C1O[C@@H]2CCCCCC/C=C/CCCCCC[C@H]12. The van der Waals surface area contributed by atoms with Gasteiger partial charge in [-0.1, -0.05) is 44.3 Å². The molecular weight excluding hydrogens is 236 g/mol. The molecule has 0 saturated carbocycles. The summed E-state index contributed by atoms with van der Waals surface area (Å²) in [5.74, 6) is 0.293. The van der Waals surface area contributed by atoms with Gasteiger partial charge in [0.25, 0.3) is 0 Å². The van der Waals surface area contributed by atoms with Crippen LogP contribution in [0.5, 0.6) is 0 Å². The van der Waals surface area contributed by atoms with Crippen molar-refractivity contribution >= 4 is 5.97 Å². The Balaban J connectivity index is 1.73. The van der Waals surface area contributed by atoms with Crippen molar-refractivity contribution in [1.29, 1.82) is 0 Å². The average Bonchev–Trinajstić information content (AvgIpc) is 2.40. The molecule has 0 spiro atoms. The lowest BCUT2D eigenvalue weighted by Gasteiger charge is -2.35. The van der Waals surface area contributed by atoms with Gasteiger partial charge in [0.05, 0.1) is 5.92 Å². The molecule has 0 N–H and O–H groups in total. The number of hydrogen-bond donors (Lipinski definition) is 0. The first-order valence-corrected chi connectivity index (χ1v) is 8.23. The normalized spacial score (nSPS) is 32.7. The third-order valence-electron chi connectivity index (χ3n) is 4.43. The fourth-order valence-corrected chi connectivity index (χ4v) is 3.14. The molecule has 2 rings (SSSR count). The molecule has 0 bridgehead atoms. The lowest BCUT2D eigenvalue weighted by Crippen LogP contribution is -2.44. The Morgan fingerprint density at radius 3 is 2.00 bits per heavy atom. The highest BCUT2D eigenvalue weighted by molar-refractivity contribution is 5.78. The predicted molar refractivity (Wildman–Crippen MR) is 77.9 cm³/mol. The van der Waals surface area contributed by atoms with Crippen molar-refractivity contribution in [3.8, 4) is 0 Å². The second-order valence-electron chi connectivity index (χ2n) is 6.04. The third-order valence-corrected chi connectivity index (χ3v) is 4.43. The van der Waals surface area contributed by atoms with Gasteiger partial charge in [0.15, 0.2) is 0 Å². The van der Waals surface area contributed by atoms with Crippen molar-refractivity contribution in [3.05, 3.63) is 12.2 Å². The summed E-state index contributed by atoms with van der Waals surface area (Å²) < 4.78 is 5.30. The molecule has 2 nitrogen and oxygen atoms in total. The summed E-state index contributed by atoms with van der Waals surface area (Å²) in [5.41, 5.74) is 0. The summed E-state index contributed by atoms with van der Waals surface area (Å²) in [6.07, 6.45) is 19.8. The van der Waals surface area contributed by atoms with E-state index in [-0.39, 0.29) is 18.0 Å². The third kappa shape index (κ3) is 5.00. The summed E-state index contributed by atoms with van der Waals surface area (Å²) in [4.78, 5) is 11.5. The summed E-state index contributed by atoms with van der Waals surface area (Å²) in [5, 5.41) is 0. The van der Waals surface area contributed by atoms with E-state index in [1.165, 1.54) is 64.2 Å². The molecule has 2 atom stereocenters. The van der Waals surface area contributed by atoms with E-state index in [2.05, 4.69) is 12.2 Å². The van der Waals surface area contributed by atoms with Crippen LogP contribution in [-0.4, -0.2) is 12.1 Å². The molecule has 19 heavy (non-hydrogen) atoms. The van der Waals surface area contributed by atoms with Crippen molar-refractivity contribution in [2.75, 3.05) is 0 Å². The maximum atomic E-state index is 11.5. The number of hydrogen-bond acceptors (Lipinski definition) is 2. The van der Waals surface area contributed by atoms with Crippen LogP contribution in [0.25, 0.3) is 0 Å². The van der Waals surface area contributed by atoms with Crippen LogP contribution >= 0.6 is 0 Å². The zero-order chi connectivity index (χ0) is 13.3. The fourth-order valence-electron chi connectivity index (χ4n) is 3.14. The second-order valence-corrected chi connectivity index (χ2v) is 6.04. The first kappa shape index (κ1) is 14.6. The minimum atomic E-state index is 0.0639. The van der Waals surface area contributed by atoms with Crippen LogP contribution in [0, 0.1) is 5.92 Å². The van der Waals surface area contributed by atoms with Crippen LogP contribution in [0.1, 0.15) is 77.0 Å². The van der Waals surface area contributed by atoms with Crippen molar-refractivity contribution < 1.29 is 9.53 Å². The zero-order valence-electron chi connectivity index (χ0n) is 12.1. The van der Waals surface area contributed by atoms with Gasteiger partial charge in [0.1, 0.15) is 6.10 Å². The molecule has 0 aromatic carbocycles. The molecule has 1 aliphatic carbocycles. The van der Waals surface area contributed by atoms with Gasteiger partial charge in [-0.3, -0.25) is 4.79 Å². The first-order chi connectivity index (χ1) is 9.38. The number of carbonyl (C=O) groups is 1. The summed E-state index contributed by atoms with van der Waals surface area (Å²) in [6, 6.07) is 0. The Bertz CT molecular complexity index is 296. The summed E-state index contributed by atoms with van der Waals surface area (Å²) in [6.45, 7) is 0. The molecule has 1 heterocycles. The van der Waals surface area contributed by atoms with Gasteiger partial charge in [-0.15, -0.1) is 0 Å². The van der Waals surface area contributed by atoms with E-state index in [4.69, 9.17) is 4.74 Å². The topological polar surface area (TPSA) is 26.3 Å². The Morgan fingerprint density at radius 1 is 0.789 bits per heavy atom. The van der Waals surface area contributed by atoms with Crippen LogP contribution in [0.3, 0.4) is 0 Å². The standard InChI is InChI=1S/C17H28O2/c18-17-15-13-11-9-7-5-3-1-2-4-6-8-10-12-14-16(15)19-17/h1-2,15-16H,3-14H2/b2-1+/t15-,16+/m0/s1. The van der Waals surface area contributed by atoms with E-state index >= 15 is 0 Å². The van der Waals surface area contributed by atoms with Crippen LogP contribution in [0.4, 0.5) is 0 Å². The molecule has 0 radical (unpaired) electrons. The van der Waals surface area contributed by atoms with E-state index in [1.54, 1.807) is 0 Å². The van der Waals surface area contributed by atoms with Gasteiger partial charge in [0.2, 0.25) is 0 Å². The fraction of sp³-hybridized carbons (Fsp3) is 0.824. The number of esters is 1. The first-order valence-electron chi connectivity index (χ1n) is 8.23. The number of carbonyl (C=O) groups excluding carboxylic acids is 1. The van der Waals surface area contributed by atoms with Crippen LogP contribution in [0.2, 0.25) is 0 Å². The van der Waals surface area contributed by atoms with Gasteiger partial charge in [-0.2, -0.15) is 0 Å². The number of rotatable bonds is 0. The predicted octanol–water partition coefficient (Wildman–Crippen LogP) is 4.78. The lowest BCUT2D eigenvalue weighted by atomic mass is 9.87. The summed E-state index contributed by atoms with van der Waals surface area (Å²) >= 11 is 0. The smallest absolute Gasteiger partial charge is 0.313 e. The molecule has 1 fully saturated rings. The minimum Gasteiger partial charge on any atom is -0.461 e. The Hall–Kier alpha value is -0.790. The van der Waals surface area contributed by atoms with Crippen molar-refractivity contribution in [2.24, 2.45) is 5.92 Å². The highest BCUT2D eigenvalue weighted by Crippen LogP contribution is 2.31. The summed E-state index contributed by atoms with van der Waals surface area (Å²) in [7, 11) is 0. The monoisotopic (exact) mass is 264 g/mol. The quantitative estimate of drug-likeness (QED) is 0.465. The molecule has 0 aromatic heterocycles. The van der Waals surface area contributed by atoms with E-state index in [0.717, 1.165) is 12.8 Å². The van der Waals surface area contributed by atoms with Gasteiger partial charge in [0, 0.05) is 0 Å². The van der Waals surface area contributed by atoms with E-state index in [1.807, 2.05) is 0 Å². The molecule has 0 amide bonds. The largest absolute Gasteiger partial charge is 0.461 e. The highest BCUT2D eigenvalue weighted by atomic mass is 16.6. The molecule has 0 aromatic rings. The maximum absolute atomic E-state index is 11.5. The Kier molecular flexibility index (Phi) is 6.46. The van der Waals surface area contributed by atoms with Crippen molar-refractivity contribution in [1.82, 2.24) is 0 Å². The lowest BCUT2D eigenvalue weighted by molar-refractivity contribution is -0.186. The number of ether oxygens (including phenoxy) is 1. The number of fused-ring (bicyclic) bond motifs is 1. The minimum absolute atomic E-state index is 0.0639. The average molecular weight is 264 g/mol. The van der Waals surface area contributed by atoms with Gasteiger partial charge in [-0.25, -0.2) is 0 Å². The van der Waals surface area contributed by atoms with Crippen LogP contribution < -0.4 is 0 Å². The highest BCUT2D eigenvalue weighted by Gasteiger charge is 2.40. The maximum Gasteiger partial charge on any atom is 0.313 e. The van der Waals surface area contributed by atoms with E-state index in [0.29, 0.717) is 0 Å². The molecule has 1 saturated heterocycles. The molecule has 1 aliphatic heterocycles. The van der Waals surface area contributed by atoms with Crippen LogP contribution in [0.15, 0.2) is 12.2 Å². The molecule has 0 unspecified atom stereocenters. The van der Waals surface area contributed by atoms with E-state index < -0.39 is 0 Å². The van der Waals surface area contributed by atoms with Crippen LogP contribution in [-0.2, 0) is 9.53 Å². The molecule has 2 heteroatoms. The van der Waals surface area contributed by atoms with Crippen molar-refractivity contribution in [2.45, 2.75) is 83.2 Å². The van der Waals surface area contributed by atoms with Crippen molar-refractivity contribution in [3.63, 3.8) is 0 Å². The molecular formula is C17H28O2. The van der Waals surface area contributed by atoms with Gasteiger partial charge >= 0.3 is 5.97 Å².